The highest BCUT2D eigenvalue weighted by atomic mass is 32.1. The van der Waals surface area contributed by atoms with Crippen LogP contribution >= 0.6 is 22.7 Å². The van der Waals surface area contributed by atoms with Crippen molar-refractivity contribution in [2.45, 2.75) is 40.5 Å². The van der Waals surface area contributed by atoms with Gasteiger partial charge in [-0.05, 0) is 26.3 Å². The summed E-state index contributed by atoms with van der Waals surface area (Å²) in [6.07, 6.45) is 0. The number of thiophene rings is 1. The van der Waals surface area contributed by atoms with E-state index in [1.54, 1.807) is 0 Å². The van der Waals surface area contributed by atoms with E-state index in [0.29, 0.717) is 21.8 Å². The van der Waals surface area contributed by atoms with Crippen LogP contribution in [0.1, 0.15) is 51.5 Å². The van der Waals surface area contributed by atoms with Crippen molar-refractivity contribution in [3.63, 3.8) is 0 Å². The van der Waals surface area contributed by atoms with Gasteiger partial charge in [0.1, 0.15) is 15.7 Å². The third-order valence-electron chi connectivity index (χ3n) is 3.44. The Balaban J connectivity index is 1.94. The third kappa shape index (κ3) is 2.96. The summed E-state index contributed by atoms with van der Waals surface area (Å²) in [7, 11) is 0. The maximum atomic E-state index is 12.6. The molecule has 3 heterocycles. The molecule has 0 aromatic carbocycles. The minimum absolute atomic E-state index is 0.172. The Morgan fingerprint density at radius 2 is 1.83 bits per heavy atom. The molecule has 3 aromatic heterocycles. The molecule has 23 heavy (non-hydrogen) atoms. The van der Waals surface area contributed by atoms with E-state index in [-0.39, 0.29) is 5.91 Å². The van der Waals surface area contributed by atoms with E-state index in [9.17, 15) is 4.79 Å². The van der Waals surface area contributed by atoms with E-state index >= 15 is 0 Å². The van der Waals surface area contributed by atoms with Crippen molar-refractivity contribution >= 4 is 43.9 Å². The van der Waals surface area contributed by atoms with Crippen LogP contribution in [0.25, 0.3) is 10.2 Å². The normalized spacial score (nSPS) is 11.4. The van der Waals surface area contributed by atoms with Crippen LogP contribution in [0.3, 0.4) is 0 Å². The van der Waals surface area contributed by atoms with Gasteiger partial charge in [0, 0.05) is 17.0 Å². The van der Waals surface area contributed by atoms with Crippen molar-refractivity contribution in [1.82, 2.24) is 20.2 Å². The molecule has 1 N–H and O–H groups in total. The molecule has 1 amide bonds. The number of hydrogen-bond donors (Lipinski definition) is 1. The van der Waals surface area contributed by atoms with Crippen LogP contribution in [0.2, 0.25) is 0 Å². The monoisotopic (exact) mass is 347 g/mol. The summed E-state index contributed by atoms with van der Waals surface area (Å²) in [4.78, 5) is 22.9. The van der Waals surface area contributed by atoms with E-state index < -0.39 is 0 Å². The van der Waals surface area contributed by atoms with Gasteiger partial charge in [-0.25, -0.2) is 9.97 Å². The van der Waals surface area contributed by atoms with Crippen LogP contribution < -0.4 is 5.32 Å². The number of anilines is 1. The van der Waals surface area contributed by atoms with Crippen LogP contribution in [-0.4, -0.2) is 26.1 Å². The molecule has 0 saturated carbocycles. The molecule has 0 aliphatic rings. The SMILES string of the molecule is Cc1nc(C)c2c(C)c(C(=O)Nc3nnc(C(C)C)s3)sc2n1. The quantitative estimate of drug-likeness (QED) is 0.778. The lowest BCUT2D eigenvalue weighted by molar-refractivity contribution is 0.103. The highest BCUT2D eigenvalue weighted by Crippen LogP contribution is 2.32. The van der Waals surface area contributed by atoms with Gasteiger partial charge in [0.25, 0.3) is 5.91 Å². The number of aryl methyl sites for hydroxylation is 3. The molecule has 6 nitrogen and oxygen atoms in total. The van der Waals surface area contributed by atoms with Crippen LogP contribution in [-0.2, 0) is 0 Å². The Bertz CT molecular complexity index is 897. The maximum Gasteiger partial charge on any atom is 0.267 e. The first kappa shape index (κ1) is 15.9. The van der Waals surface area contributed by atoms with E-state index in [2.05, 4.69) is 25.5 Å². The molecule has 8 heteroatoms. The smallest absolute Gasteiger partial charge is 0.267 e. The Morgan fingerprint density at radius 3 is 2.48 bits per heavy atom. The van der Waals surface area contributed by atoms with Gasteiger partial charge in [0.15, 0.2) is 0 Å². The van der Waals surface area contributed by atoms with E-state index in [4.69, 9.17) is 0 Å². The summed E-state index contributed by atoms with van der Waals surface area (Å²) in [5, 5.41) is 13.4. The predicted molar refractivity (Wildman–Crippen MR) is 93.6 cm³/mol. The molecule has 120 valence electrons. The number of carbonyl (C=O) groups is 1. The highest BCUT2D eigenvalue weighted by molar-refractivity contribution is 7.21. The van der Waals surface area contributed by atoms with Gasteiger partial charge < -0.3 is 0 Å². The second-order valence-corrected chi connectivity index (χ2v) is 7.66. The summed E-state index contributed by atoms with van der Waals surface area (Å²) < 4.78 is 0. The first-order valence-corrected chi connectivity index (χ1v) is 8.89. The van der Waals surface area contributed by atoms with Crippen LogP contribution in [0.15, 0.2) is 0 Å². The highest BCUT2D eigenvalue weighted by Gasteiger charge is 2.20. The lowest BCUT2D eigenvalue weighted by Gasteiger charge is -2.00. The number of amides is 1. The average Bonchev–Trinajstić information content (AvgIpc) is 3.03. The van der Waals surface area contributed by atoms with E-state index in [1.807, 2.05) is 34.6 Å². The molecular formula is C15H17N5OS2. The fraction of sp³-hybridized carbons (Fsp3) is 0.400. The van der Waals surface area contributed by atoms with Crippen molar-refractivity contribution in [2.24, 2.45) is 0 Å². The fourth-order valence-electron chi connectivity index (χ4n) is 2.36. The second kappa shape index (κ2) is 5.93. The van der Waals surface area contributed by atoms with E-state index in [0.717, 1.165) is 26.5 Å². The largest absolute Gasteiger partial charge is 0.296 e. The average molecular weight is 347 g/mol. The van der Waals surface area contributed by atoms with Gasteiger partial charge in [-0.1, -0.05) is 25.2 Å². The standard InChI is InChI=1S/C15H17N5OS2/c1-6(2)13-19-20-15(23-13)18-12(21)11-7(3)10-8(4)16-9(5)17-14(10)22-11/h6H,1-5H3,(H,18,20,21). The van der Waals surface area contributed by atoms with Crippen molar-refractivity contribution in [2.75, 3.05) is 5.32 Å². The van der Waals surface area contributed by atoms with E-state index in [1.165, 1.54) is 22.7 Å². The Kier molecular flexibility index (Phi) is 4.11. The number of aromatic nitrogens is 4. The Hall–Kier alpha value is -1.93. The number of carbonyl (C=O) groups excluding carboxylic acids is 1. The lowest BCUT2D eigenvalue weighted by atomic mass is 10.1. The number of hydrogen-bond acceptors (Lipinski definition) is 7. The number of rotatable bonds is 3. The van der Waals surface area contributed by atoms with Crippen LogP contribution in [0.5, 0.6) is 0 Å². The number of fused-ring (bicyclic) bond motifs is 1. The fourth-order valence-corrected chi connectivity index (χ4v) is 4.28. The van der Waals surface area contributed by atoms with Crippen molar-refractivity contribution in [1.29, 1.82) is 0 Å². The van der Waals surface area contributed by atoms with Crippen molar-refractivity contribution in [3.8, 4) is 0 Å². The van der Waals surface area contributed by atoms with Gasteiger partial charge in [-0.15, -0.1) is 21.5 Å². The van der Waals surface area contributed by atoms with Gasteiger partial charge in [0.2, 0.25) is 5.13 Å². The third-order valence-corrected chi connectivity index (χ3v) is 5.77. The first-order valence-electron chi connectivity index (χ1n) is 7.26. The summed E-state index contributed by atoms with van der Waals surface area (Å²) >= 11 is 2.79. The molecule has 0 atom stereocenters. The molecule has 0 spiro atoms. The Morgan fingerprint density at radius 1 is 1.09 bits per heavy atom. The molecule has 0 fully saturated rings. The molecule has 0 aliphatic carbocycles. The summed E-state index contributed by atoms with van der Waals surface area (Å²) in [5.41, 5.74) is 1.81. The Labute approximate surface area is 142 Å². The molecule has 3 rings (SSSR count). The van der Waals surface area contributed by atoms with Crippen molar-refractivity contribution < 1.29 is 4.79 Å². The molecule has 0 bridgehead atoms. The maximum absolute atomic E-state index is 12.6. The molecule has 0 aliphatic heterocycles. The molecule has 0 unspecified atom stereocenters. The zero-order valence-corrected chi connectivity index (χ0v) is 15.2. The number of nitrogens with zero attached hydrogens (tertiary/aromatic N) is 4. The second-order valence-electron chi connectivity index (χ2n) is 5.65. The lowest BCUT2D eigenvalue weighted by Crippen LogP contribution is -2.11. The summed E-state index contributed by atoms with van der Waals surface area (Å²) in [6, 6.07) is 0. The molecule has 3 aromatic rings. The van der Waals surface area contributed by atoms with Crippen LogP contribution in [0, 0.1) is 20.8 Å². The minimum Gasteiger partial charge on any atom is -0.296 e. The van der Waals surface area contributed by atoms with Gasteiger partial charge in [-0.2, -0.15) is 0 Å². The van der Waals surface area contributed by atoms with Gasteiger partial charge in [-0.3, -0.25) is 10.1 Å². The van der Waals surface area contributed by atoms with Crippen LogP contribution in [0.4, 0.5) is 5.13 Å². The molecular weight excluding hydrogens is 330 g/mol. The zero-order chi connectivity index (χ0) is 16.7. The molecule has 0 saturated heterocycles. The summed E-state index contributed by atoms with van der Waals surface area (Å²) in [6.45, 7) is 9.82. The van der Waals surface area contributed by atoms with Gasteiger partial charge in [0.05, 0.1) is 4.88 Å². The zero-order valence-electron chi connectivity index (χ0n) is 13.6. The molecule has 0 radical (unpaired) electrons. The van der Waals surface area contributed by atoms with Gasteiger partial charge >= 0.3 is 0 Å². The predicted octanol–water partition coefficient (Wildman–Crippen LogP) is 3.84. The minimum atomic E-state index is -0.172. The number of nitrogens with one attached hydrogen (secondary N) is 1. The van der Waals surface area contributed by atoms with Crippen molar-refractivity contribution in [3.05, 3.63) is 27.0 Å². The first-order chi connectivity index (χ1) is 10.9. The summed E-state index contributed by atoms with van der Waals surface area (Å²) in [5.74, 6) is 0.841. The topological polar surface area (TPSA) is 80.7 Å².